The highest BCUT2D eigenvalue weighted by Gasteiger charge is 2.30. The van der Waals surface area contributed by atoms with Crippen molar-refractivity contribution in [1.82, 2.24) is 9.88 Å². The minimum atomic E-state index is -4.47. The maximum absolute atomic E-state index is 12.3. The maximum Gasteiger partial charge on any atom is 0.406 e. The van der Waals surface area contributed by atoms with Crippen LogP contribution >= 0.6 is 0 Å². The molecule has 0 fully saturated rings. The summed E-state index contributed by atoms with van der Waals surface area (Å²) in [6.07, 6.45) is -2.10. The topological polar surface area (TPSA) is 71.3 Å². The maximum atomic E-state index is 12.3. The predicted octanol–water partition coefficient (Wildman–Crippen LogP) is 1.81. The van der Waals surface area contributed by atoms with E-state index in [4.69, 9.17) is 5.11 Å². The van der Waals surface area contributed by atoms with Crippen LogP contribution in [0.5, 0.6) is 0 Å². The highest BCUT2D eigenvalue weighted by atomic mass is 19.4. The molecule has 0 spiro atoms. The molecule has 1 atom stereocenters. The summed E-state index contributed by atoms with van der Waals surface area (Å²) in [4.78, 5) is 22.7. The summed E-state index contributed by atoms with van der Waals surface area (Å²) >= 11 is 0. The molecule has 0 saturated heterocycles. The lowest BCUT2D eigenvalue weighted by atomic mass is 10.2. The fourth-order valence-corrected chi connectivity index (χ4v) is 1.57. The van der Waals surface area contributed by atoms with Crippen LogP contribution in [0.25, 0.3) is 0 Å². The van der Waals surface area contributed by atoms with E-state index >= 15 is 0 Å². The van der Waals surface area contributed by atoms with Gasteiger partial charge in [0, 0.05) is 6.20 Å². The van der Waals surface area contributed by atoms with Gasteiger partial charge in [-0.05, 0) is 18.6 Å². The first-order valence-electron chi connectivity index (χ1n) is 5.61. The van der Waals surface area contributed by atoms with Gasteiger partial charge >= 0.3 is 12.1 Å². The van der Waals surface area contributed by atoms with Gasteiger partial charge in [-0.1, -0.05) is 6.08 Å². The third-order valence-electron chi connectivity index (χ3n) is 2.42. The van der Waals surface area contributed by atoms with Gasteiger partial charge in [0.1, 0.15) is 18.3 Å². The smallest absolute Gasteiger partial charge is 0.406 e. The molecule has 0 aliphatic carbocycles. The van der Waals surface area contributed by atoms with Gasteiger partial charge in [-0.2, -0.15) is 13.2 Å². The number of rotatable bonds is 6. The quantitative estimate of drug-likeness (QED) is 0.785. The van der Waals surface area contributed by atoms with Crippen molar-refractivity contribution < 1.29 is 27.9 Å². The zero-order valence-electron chi connectivity index (χ0n) is 10.4. The Bertz CT molecular complexity index is 508. The van der Waals surface area contributed by atoms with Gasteiger partial charge < -0.3 is 15.0 Å². The Kier molecular flexibility index (Phi) is 4.95. The van der Waals surface area contributed by atoms with Crippen LogP contribution in [0, 0.1) is 0 Å². The number of hydrogen-bond acceptors (Lipinski definition) is 2. The molecule has 5 nitrogen and oxygen atoms in total. The zero-order chi connectivity index (χ0) is 15.3. The molecule has 0 saturated carbocycles. The van der Waals surface area contributed by atoms with Gasteiger partial charge in [-0.15, -0.1) is 6.58 Å². The molecular formula is C12H13F3N2O3. The number of nitrogens with zero attached hydrogens (tertiary/aromatic N) is 1. The van der Waals surface area contributed by atoms with E-state index in [0.717, 1.165) is 6.20 Å². The molecule has 1 unspecified atom stereocenters. The van der Waals surface area contributed by atoms with Crippen molar-refractivity contribution in [2.75, 3.05) is 0 Å². The van der Waals surface area contributed by atoms with Crippen LogP contribution in [0.1, 0.15) is 16.9 Å². The molecule has 1 heterocycles. The molecule has 0 bridgehead atoms. The fraction of sp³-hybridized carbons (Fsp3) is 0.333. The van der Waals surface area contributed by atoms with Crippen molar-refractivity contribution in [2.24, 2.45) is 0 Å². The molecule has 110 valence electrons. The first-order valence-corrected chi connectivity index (χ1v) is 5.61. The Labute approximate surface area is 112 Å². The summed E-state index contributed by atoms with van der Waals surface area (Å²) in [5.41, 5.74) is -0.252. The summed E-state index contributed by atoms with van der Waals surface area (Å²) in [5, 5.41) is 11.0. The van der Waals surface area contributed by atoms with Crippen LogP contribution in [0.3, 0.4) is 0 Å². The van der Waals surface area contributed by atoms with Crippen LogP contribution in [0.2, 0.25) is 0 Å². The molecule has 1 amide bonds. The monoisotopic (exact) mass is 290 g/mol. The Hall–Kier alpha value is -2.25. The Balaban J connectivity index is 2.85. The van der Waals surface area contributed by atoms with E-state index in [9.17, 15) is 22.8 Å². The molecule has 0 radical (unpaired) electrons. The van der Waals surface area contributed by atoms with E-state index in [-0.39, 0.29) is 12.1 Å². The number of amides is 1. The lowest BCUT2D eigenvalue weighted by Gasteiger charge is -2.15. The third kappa shape index (κ3) is 4.45. The van der Waals surface area contributed by atoms with Gasteiger partial charge in [0.05, 0.1) is 0 Å². The molecule has 0 aliphatic heterocycles. The highest BCUT2D eigenvalue weighted by Crippen LogP contribution is 2.19. The molecule has 8 heteroatoms. The normalized spacial score (nSPS) is 12.8. The molecule has 20 heavy (non-hydrogen) atoms. The van der Waals surface area contributed by atoms with E-state index in [1.807, 2.05) is 0 Å². The van der Waals surface area contributed by atoms with Crippen molar-refractivity contribution in [3.05, 3.63) is 36.7 Å². The number of nitrogens with one attached hydrogen (secondary N) is 1. The number of aliphatic carboxylic acids is 1. The second kappa shape index (κ2) is 6.27. The van der Waals surface area contributed by atoms with Gasteiger partial charge in [0.2, 0.25) is 0 Å². The van der Waals surface area contributed by atoms with Crippen LogP contribution in [0.15, 0.2) is 31.0 Å². The SMILES string of the molecule is C=CCC(NC(=O)c1cccn1CC(F)(F)F)C(=O)O. The Morgan fingerprint density at radius 2 is 2.15 bits per heavy atom. The van der Waals surface area contributed by atoms with Crippen molar-refractivity contribution in [3.63, 3.8) is 0 Å². The summed E-state index contributed by atoms with van der Waals surface area (Å²) in [5.74, 6) is -2.17. The lowest BCUT2D eigenvalue weighted by Crippen LogP contribution is -2.41. The lowest BCUT2D eigenvalue weighted by molar-refractivity contribution is -0.141. The van der Waals surface area contributed by atoms with Crippen molar-refractivity contribution in [2.45, 2.75) is 25.2 Å². The number of halogens is 3. The average Bonchev–Trinajstić information content (AvgIpc) is 2.73. The van der Waals surface area contributed by atoms with Crippen molar-refractivity contribution in [3.8, 4) is 0 Å². The molecule has 1 aromatic heterocycles. The van der Waals surface area contributed by atoms with E-state index in [1.165, 1.54) is 18.2 Å². The third-order valence-corrected chi connectivity index (χ3v) is 2.42. The first kappa shape index (κ1) is 15.8. The number of aromatic nitrogens is 1. The summed E-state index contributed by atoms with van der Waals surface area (Å²) < 4.78 is 37.7. The summed E-state index contributed by atoms with van der Waals surface area (Å²) in [7, 11) is 0. The molecular weight excluding hydrogens is 277 g/mol. The first-order chi connectivity index (χ1) is 9.24. The van der Waals surface area contributed by atoms with E-state index in [2.05, 4.69) is 11.9 Å². The van der Waals surface area contributed by atoms with Crippen LogP contribution < -0.4 is 5.32 Å². The predicted molar refractivity (Wildman–Crippen MR) is 64.2 cm³/mol. The molecule has 2 N–H and O–H groups in total. The van der Waals surface area contributed by atoms with Crippen LogP contribution in [-0.2, 0) is 11.3 Å². The van der Waals surface area contributed by atoms with E-state index in [0.29, 0.717) is 4.57 Å². The number of carboxylic acid groups (broad SMARTS) is 1. The van der Waals surface area contributed by atoms with Gasteiger partial charge in [0.25, 0.3) is 5.91 Å². The number of carboxylic acids is 1. The number of carbonyl (C=O) groups excluding carboxylic acids is 1. The van der Waals surface area contributed by atoms with Crippen LogP contribution in [0.4, 0.5) is 13.2 Å². The van der Waals surface area contributed by atoms with E-state index < -0.39 is 30.6 Å². The van der Waals surface area contributed by atoms with Crippen LogP contribution in [-0.4, -0.2) is 33.8 Å². The fourth-order valence-electron chi connectivity index (χ4n) is 1.57. The average molecular weight is 290 g/mol. The minimum Gasteiger partial charge on any atom is -0.480 e. The second-order valence-electron chi connectivity index (χ2n) is 4.03. The summed E-state index contributed by atoms with van der Waals surface area (Å²) in [6, 6.07) is 1.24. The van der Waals surface area contributed by atoms with Gasteiger partial charge in [-0.3, -0.25) is 4.79 Å². The van der Waals surface area contributed by atoms with Gasteiger partial charge in [-0.25, -0.2) is 4.79 Å². The Morgan fingerprint density at radius 1 is 1.50 bits per heavy atom. The number of alkyl halides is 3. The van der Waals surface area contributed by atoms with Gasteiger partial charge in [0.15, 0.2) is 0 Å². The zero-order valence-corrected chi connectivity index (χ0v) is 10.4. The highest BCUT2D eigenvalue weighted by molar-refractivity contribution is 5.95. The molecule has 0 aliphatic rings. The minimum absolute atomic E-state index is 0.0267. The summed E-state index contributed by atoms with van der Waals surface area (Å²) in [6.45, 7) is 2.03. The Morgan fingerprint density at radius 3 is 2.65 bits per heavy atom. The number of carbonyl (C=O) groups is 2. The standard InChI is InChI=1S/C12H13F3N2O3/c1-2-4-8(11(19)20)16-10(18)9-5-3-6-17(9)7-12(13,14)15/h2-3,5-6,8H,1,4,7H2,(H,16,18)(H,19,20). The molecule has 1 aromatic rings. The second-order valence-corrected chi connectivity index (χ2v) is 4.03. The number of hydrogen-bond donors (Lipinski definition) is 2. The van der Waals surface area contributed by atoms with Crippen molar-refractivity contribution in [1.29, 1.82) is 0 Å². The molecule has 1 rings (SSSR count). The molecule has 0 aromatic carbocycles. The van der Waals surface area contributed by atoms with E-state index in [1.54, 1.807) is 0 Å². The van der Waals surface area contributed by atoms with Crippen molar-refractivity contribution >= 4 is 11.9 Å². The largest absolute Gasteiger partial charge is 0.480 e.